The molecule has 2 unspecified atom stereocenters. The first-order valence-electron chi connectivity index (χ1n) is 4.13. The third kappa shape index (κ3) is 2.20. The molecular weight excluding hydrogens is 186 g/mol. The summed E-state index contributed by atoms with van der Waals surface area (Å²) in [4.78, 5) is 9.83. The van der Waals surface area contributed by atoms with Crippen LogP contribution in [0.4, 0.5) is 0 Å². The van der Waals surface area contributed by atoms with Crippen molar-refractivity contribution in [1.82, 2.24) is 0 Å². The highest BCUT2D eigenvalue weighted by Gasteiger charge is 2.25. The fourth-order valence-electron chi connectivity index (χ4n) is 1.07. The van der Waals surface area contributed by atoms with E-state index in [2.05, 4.69) is 0 Å². The number of nitrogens with zero attached hydrogens (tertiary/aromatic N) is 1. The van der Waals surface area contributed by atoms with Crippen LogP contribution in [0.2, 0.25) is 0 Å². The lowest BCUT2D eigenvalue weighted by molar-refractivity contribution is -0.531. The van der Waals surface area contributed by atoms with Crippen LogP contribution < -0.4 is 0 Å². The Hall–Kier alpha value is -1.62. The van der Waals surface area contributed by atoms with Gasteiger partial charge in [0.1, 0.15) is 11.9 Å². The lowest BCUT2D eigenvalue weighted by Crippen LogP contribution is -2.23. The number of benzene rings is 1. The predicted octanol–water partition coefficient (Wildman–Crippen LogP) is 1.09. The van der Waals surface area contributed by atoms with E-state index in [1.54, 1.807) is 0 Å². The van der Waals surface area contributed by atoms with Gasteiger partial charge in [0.2, 0.25) is 6.04 Å². The molecule has 0 saturated carbocycles. The Bertz CT molecular complexity index is 322. The lowest BCUT2D eigenvalue weighted by atomic mass is 10.0. The van der Waals surface area contributed by atoms with Gasteiger partial charge in [-0.15, -0.1) is 0 Å². The molecule has 2 atom stereocenters. The van der Waals surface area contributed by atoms with Crippen LogP contribution in [0.5, 0.6) is 5.75 Å². The zero-order valence-corrected chi connectivity index (χ0v) is 7.62. The molecule has 1 rings (SSSR count). The highest BCUT2D eigenvalue weighted by Crippen LogP contribution is 2.20. The largest absolute Gasteiger partial charge is 0.508 e. The molecule has 1 aromatic carbocycles. The number of rotatable bonds is 3. The van der Waals surface area contributed by atoms with E-state index in [1.165, 1.54) is 31.2 Å². The number of aromatic hydroxyl groups is 1. The van der Waals surface area contributed by atoms with Gasteiger partial charge >= 0.3 is 0 Å². The summed E-state index contributed by atoms with van der Waals surface area (Å²) in [6.45, 7) is 1.33. The molecule has 0 bridgehead atoms. The van der Waals surface area contributed by atoms with Crippen molar-refractivity contribution in [2.24, 2.45) is 0 Å². The van der Waals surface area contributed by atoms with Crippen LogP contribution in [0.1, 0.15) is 18.6 Å². The summed E-state index contributed by atoms with van der Waals surface area (Å²) in [7, 11) is 0. The average Bonchev–Trinajstić information content (AvgIpc) is 2.16. The third-order valence-corrected chi connectivity index (χ3v) is 2.02. The lowest BCUT2D eigenvalue weighted by Gasteiger charge is -2.12. The summed E-state index contributed by atoms with van der Waals surface area (Å²) in [6, 6.07) is 4.62. The van der Waals surface area contributed by atoms with Gasteiger partial charge in [-0.3, -0.25) is 10.1 Å². The van der Waals surface area contributed by atoms with E-state index < -0.39 is 17.1 Å². The SMILES string of the molecule is CC(C(O)c1ccc(O)cc1)[N+](=O)[O-]. The summed E-state index contributed by atoms with van der Waals surface area (Å²) in [5, 5.41) is 28.9. The number of phenols is 1. The average molecular weight is 197 g/mol. The van der Waals surface area contributed by atoms with Gasteiger partial charge in [-0.1, -0.05) is 12.1 Å². The molecule has 0 aromatic heterocycles. The Morgan fingerprint density at radius 3 is 2.29 bits per heavy atom. The summed E-state index contributed by atoms with van der Waals surface area (Å²) < 4.78 is 0. The number of hydrogen-bond donors (Lipinski definition) is 2. The van der Waals surface area contributed by atoms with Gasteiger partial charge in [0.05, 0.1) is 0 Å². The normalized spacial score (nSPS) is 14.7. The monoisotopic (exact) mass is 197 g/mol. The Morgan fingerprint density at radius 2 is 1.86 bits per heavy atom. The van der Waals surface area contributed by atoms with Gasteiger partial charge < -0.3 is 10.2 Å². The molecule has 1 aromatic rings. The van der Waals surface area contributed by atoms with E-state index in [-0.39, 0.29) is 5.75 Å². The van der Waals surface area contributed by atoms with Crippen molar-refractivity contribution in [3.05, 3.63) is 39.9 Å². The van der Waals surface area contributed by atoms with Crippen LogP contribution in [0.25, 0.3) is 0 Å². The maximum absolute atomic E-state index is 10.4. The molecule has 0 saturated heterocycles. The number of hydrogen-bond acceptors (Lipinski definition) is 4. The molecule has 14 heavy (non-hydrogen) atoms. The molecule has 2 N–H and O–H groups in total. The Balaban J connectivity index is 2.84. The molecule has 0 amide bonds. The van der Waals surface area contributed by atoms with E-state index in [9.17, 15) is 15.2 Å². The predicted molar refractivity (Wildman–Crippen MR) is 49.5 cm³/mol. The summed E-state index contributed by atoms with van der Waals surface area (Å²) in [6.07, 6.45) is -1.15. The summed E-state index contributed by atoms with van der Waals surface area (Å²) in [5.74, 6) is 0.0645. The van der Waals surface area contributed by atoms with Gasteiger partial charge in [-0.2, -0.15) is 0 Å². The van der Waals surface area contributed by atoms with Crippen LogP contribution in [0.3, 0.4) is 0 Å². The van der Waals surface area contributed by atoms with Crippen LogP contribution in [-0.2, 0) is 0 Å². The van der Waals surface area contributed by atoms with Gasteiger partial charge in [-0.05, 0) is 17.7 Å². The van der Waals surface area contributed by atoms with Gasteiger partial charge in [0.25, 0.3) is 0 Å². The molecule has 0 heterocycles. The minimum atomic E-state index is -1.15. The summed E-state index contributed by atoms with van der Waals surface area (Å²) in [5.41, 5.74) is 0.423. The maximum Gasteiger partial charge on any atom is 0.239 e. The van der Waals surface area contributed by atoms with Crippen molar-refractivity contribution in [3.63, 3.8) is 0 Å². The minimum absolute atomic E-state index is 0.0645. The van der Waals surface area contributed by atoms with Crippen molar-refractivity contribution in [1.29, 1.82) is 0 Å². The molecule has 0 spiro atoms. The number of aliphatic hydroxyl groups excluding tert-OH is 1. The molecule has 0 radical (unpaired) electrons. The Morgan fingerprint density at radius 1 is 1.36 bits per heavy atom. The molecule has 76 valence electrons. The first kappa shape index (κ1) is 10.5. The number of aliphatic hydroxyl groups is 1. The van der Waals surface area contributed by atoms with Crippen LogP contribution >= 0.6 is 0 Å². The second kappa shape index (κ2) is 4.06. The molecule has 0 aliphatic heterocycles. The summed E-state index contributed by atoms with van der Waals surface area (Å²) >= 11 is 0. The number of nitro groups is 1. The highest BCUT2D eigenvalue weighted by atomic mass is 16.6. The highest BCUT2D eigenvalue weighted by molar-refractivity contribution is 5.27. The van der Waals surface area contributed by atoms with Crippen molar-refractivity contribution in [2.75, 3.05) is 0 Å². The van der Waals surface area contributed by atoms with Crippen LogP contribution in [0.15, 0.2) is 24.3 Å². The first-order valence-corrected chi connectivity index (χ1v) is 4.13. The molecule has 0 aliphatic carbocycles. The smallest absolute Gasteiger partial charge is 0.239 e. The van der Waals surface area contributed by atoms with Crippen molar-refractivity contribution in [3.8, 4) is 5.75 Å². The van der Waals surface area contributed by atoms with Gasteiger partial charge in [0.15, 0.2) is 0 Å². The number of phenolic OH excluding ortho intramolecular Hbond substituents is 1. The van der Waals surface area contributed by atoms with Crippen LogP contribution in [-0.4, -0.2) is 21.2 Å². The second-order valence-electron chi connectivity index (χ2n) is 3.06. The van der Waals surface area contributed by atoms with Gasteiger partial charge in [0, 0.05) is 11.8 Å². The van der Waals surface area contributed by atoms with Crippen molar-refractivity contribution >= 4 is 0 Å². The zero-order valence-electron chi connectivity index (χ0n) is 7.62. The molecule has 5 heteroatoms. The fraction of sp³-hybridized carbons (Fsp3) is 0.333. The van der Waals surface area contributed by atoms with E-state index in [1.807, 2.05) is 0 Å². The van der Waals surface area contributed by atoms with Crippen molar-refractivity contribution < 1.29 is 15.1 Å². The topological polar surface area (TPSA) is 83.6 Å². The molecule has 5 nitrogen and oxygen atoms in total. The molecule has 0 aliphatic rings. The molecular formula is C9H11NO4. The Kier molecular flexibility index (Phi) is 3.03. The molecule has 0 fully saturated rings. The van der Waals surface area contributed by atoms with Crippen molar-refractivity contribution in [2.45, 2.75) is 19.1 Å². The standard InChI is InChI=1S/C9H11NO4/c1-6(10(13)14)9(12)7-2-4-8(11)5-3-7/h2-6,9,11-12H,1H3. The zero-order chi connectivity index (χ0) is 10.7. The van der Waals surface area contributed by atoms with E-state index in [0.717, 1.165) is 0 Å². The van der Waals surface area contributed by atoms with Gasteiger partial charge in [-0.25, -0.2) is 0 Å². The maximum atomic E-state index is 10.4. The minimum Gasteiger partial charge on any atom is -0.508 e. The van der Waals surface area contributed by atoms with E-state index >= 15 is 0 Å². The fourth-order valence-corrected chi connectivity index (χ4v) is 1.07. The van der Waals surface area contributed by atoms with Crippen LogP contribution in [0, 0.1) is 10.1 Å². The van der Waals surface area contributed by atoms with E-state index in [4.69, 9.17) is 5.11 Å². The van der Waals surface area contributed by atoms with E-state index in [0.29, 0.717) is 5.56 Å². The first-order chi connectivity index (χ1) is 6.52. The second-order valence-corrected chi connectivity index (χ2v) is 3.06. The third-order valence-electron chi connectivity index (χ3n) is 2.02. The quantitative estimate of drug-likeness (QED) is 0.561. The Labute approximate surface area is 80.8 Å².